The van der Waals surface area contributed by atoms with E-state index in [1.165, 1.54) is 31.3 Å². The zero-order valence-electron chi connectivity index (χ0n) is 16.2. The quantitative estimate of drug-likeness (QED) is 0.775. The fraction of sp³-hybridized carbons (Fsp3) is 0.350. The van der Waals surface area contributed by atoms with Gasteiger partial charge in [0.15, 0.2) is 0 Å². The Balaban J connectivity index is 1.64. The van der Waals surface area contributed by atoms with Gasteiger partial charge in [0, 0.05) is 44.5 Å². The van der Waals surface area contributed by atoms with E-state index in [0.29, 0.717) is 25.3 Å². The molecule has 1 fully saturated rings. The second kappa shape index (κ2) is 9.33. The molecule has 0 radical (unpaired) electrons. The van der Waals surface area contributed by atoms with E-state index in [9.17, 15) is 14.0 Å². The van der Waals surface area contributed by atoms with Crippen LogP contribution in [0.1, 0.15) is 13.3 Å². The first-order chi connectivity index (χ1) is 13.9. The summed E-state index contributed by atoms with van der Waals surface area (Å²) in [4.78, 5) is 29.5. The third-order valence-electron chi connectivity index (χ3n) is 4.49. The molecule has 0 saturated carbocycles. The third kappa shape index (κ3) is 5.64. The summed E-state index contributed by atoms with van der Waals surface area (Å²) in [7, 11) is 1.58. The van der Waals surface area contributed by atoms with Crippen LogP contribution in [0.3, 0.4) is 0 Å². The lowest BCUT2D eigenvalue weighted by Gasteiger charge is -2.21. The van der Waals surface area contributed by atoms with Crippen molar-refractivity contribution in [3.63, 3.8) is 0 Å². The molecule has 2 heterocycles. The maximum absolute atomic E-state index is 14.0. The normalized spacial score (nSPS) is 18.4. The van der Waals surface area contributed by atoms with Gasteiger partial charge in [0.05, 0.1) is 31.1 Å². The van der Waals surface area contributed by atoms with Crippen molar-refractivity contribution in [2.75, 3.05) is 30.9 Å². The van der Waals surface area contributed by atoms with E-state index in [2.05, 4.69) is 15.6 Å². The van der Waals surface area contributed by atoms with Crippen molar-refractivity contribution >= 4 is 23.3 Å². The molecule has 1 aromatic heterocycles. The number of hydrogen-bond donors (Lipinski definition) is 2. The van der Waals surface area contributed by atoms with E-state index < -0.39 is 11.8 Å². The Morgan fingerprint density at radius 1 is 1.28 bits per heavy atom. The molecule has 3 amide bonds. The Morgan fingerprint density at radius 2 is 2.07 bits per heavy atom. The van der Waals surface area contributed by atoms with Gasteiger partial charge in [0.2, 0.25) is 5.91 Å². The van der Waals surface area contributed by atoms with Gasteiger partial charge >= 0.3 is 6.03 Å². The smallest absolute Gasteiger partial charge is 0.323 e. The van der Waals surface area contributed by atoms with Crippen molar-refractivity contribution in [1.29, 1.82) is 0 Å². The van der Waals surface area contributed by atoms with E-state index >= 15 is 0 Å². The van der Waals surface area contributed by atoms with Gasteiger partial charge in [0.25, 0.3) is 0 Å². The van der Waals surface area contributed by atoms with Gasteiger partial charge in [-0.15, -0.1) is 0 Å². The number of carbonyl (C=O) groups is 2. The minimum Gasteiger partial charge on any atom is -0.488 e. The lowest BCUT2D eigenvalue weighted by Crippen LogP contribution is -2.36. The molecule has 1 aromatic carbocycles. The van der Waals surface area contributed by atoms with Crippen LogP contribution in [0.4, 0.5) is 20.6 Å². The Bertz CT molecular complexity index is 865. The van der Waals surface area contributed by atoms with Crippen LogP contribution in [0.25, 0.3) is 0 Å². The zero-order chi connectivity index (χ0) is 20.8. The number of methoxy groups -OCH3 is 1. The Labute approximate surface area is 168 Å². The molecule has 0 bridgehead atoms. The average Bonchev–Trinajstić information content (AvgIpc) is 3.05. The summed E-state index contributed by atoms with van der Waals surface area (Å²) in [6, 6.07) is 6.73. The van der Waals surface area contributed by atoms with E-state index in [-0.39, 0.29) is 29.5 Å². The highest BCUT2D eigenvalue weighted by Crippen LogP contribution is 2.26. The van der Waals surface area contributed by atoms with Crippen molar-refractivity contribution in [3.05, 3.63) is 48.5 Å². The monoisotopic (exact) mass is 402 g/mol. The van der Waals surface area contributed by atoms with Crippen LogP contribution in [0, 0.1) is 5.82 Å². The van der Waals surface area contributed by atoms with E-state index in [4.69, 9.17) is 9.47 Å². The summed E-state index contributed by atoms with van der Waals surface area (Å²) in [6.07, 6.45) is 3.37. The molecule has 1 aliphatic heterocycles. The molecule has 1 saturated heterocycles. The number of nitrogens with zero attached hydrogens (tertiary/aromatic N) is 2. The van der Waals surface area contributed by atoms with Crippen LogP contribution in [0.15, 0.2) is 42.7 Å². The Hall–Kier alpha value is -3.20. The van der Waals surface area contributed by atoms with Gasteiger partial charge in [-0.05, 0) is 18.2 Å². The van der Waals surface area contributed by atoms with Crippen LogP contribution in [-0.2, 0) is 9.53 Å². The fourth-order valence-corrected chi connectivity index (χ4v) is 3.32. The summed E-state index contributed by atoms with van der Waals surface area (Å²) in [6.45, 7) is 2.30. The Kier molecular flexibility index (Phi) is 6.61. The number of nitrogens with one attached hydrogen (secondary N) is 2. The molecular weight excluding hydrogens is 379 g/mol. The van der Waals surface area contributed by atoms with Crippen LogP contribution in [0.2, 0.25) is 0 Å². The predicted molar refractivity (Wildman–Crippen MR) is 105 cm³/mol. The van der Waals surface area contributed by atoms with Gasteiger partial charge in [0.1, 0.15) is 17.7 Å². The van der Waals surface area contributed by atoms with Gasteiger partial charge in [-0.25, -0.2) is 9.18 Å². The van der Waals surface area contributed by atoms with Crippen LogP contribution in [0.5, 0.6) is 5.75 Å². The Morgan fingerprint density at radius 3 is 2.76 bits per heavy atom. The number of amides is 3. The average molecular weight is 402 g/mol. The lowest BCUT2D eigenvalue weighted by atomic mass is 10.2. The SMILES string of the molecule is COC[C@@H]1CC(Oc2cc(F)cc(NC(=O)Nc3cccnc3)c2)CN1C(C)=O. The first kappa shape index (κ1) is 20.5. The molecule has 2 atom stereocenters. The second-order valence-electron chi connectivity index (χ2n) is 6.75. The summed E-state index contributed by atoms with van der Waals surface area (Å²) in [5.74, 6) is -0.339. The minimum atomic E-state index is -0.547. The van der Waals surface area contributed by atoms with Crippen LogP contribution >= 0.6 is 0 Å². The van der Waals surface area contributed by atoms with Crippen molar-refractivity contribution in [1.82, 2.24) is 9.88 Å². The number of halogens is 1. The summed E-state index contributed by atoms with van der Waals surface area (Å²) in [5, 5.41) is 5.18. The molecule has 2 N–H and O–H groups in total. The second-order valence-corrected chi connectivity index (χ2v) is 6.75. The molecule has 2 aromatic rings. The van der Waals surface area contributed by atoms with Crippen LogP contribution < -0.4 is 15.4 Å². The van der Waals surface area contributed by atoms with Crippen molar-refractivity contribution in [2.45, 2.75) is 25.5 Å². The topological polar surface area (TPSA) is 92.8 Å². The molecule has 9 heteroatoms. The number of benzene rings is 1. The molecule has 3 rings (SSSR count). The number of ether oxygens (including phenoxy) is 2. The highest BCUT2D eigenvalue weighted by molar-refractivity contribution is 5.99. The molecule has 1 unspecified atom stereocenters. The number of pyridine rings is 1. The molecular formula is C20H23FN4O4. The predicted octanol–water partition coefficient (Wildman–Crippen LogP) is 2.88. The molecule has 8 nitrogen and oxygen atoms in total. The number of anilines is 2. The maximum Gasteiger partial charge on any atom is 0.323 e. The maximum atomic E-state index is 14.0. The number of rotatable bonds is 6. The number of hydrogen-bond acceptors (Lipinski definition) is 5. The standard InChI is InChI=1S/C20H23FN4O4/c1-13(26)25-11-19(9-17(25)12-28-2)29-18-7-14(21)6-16(8-18)24-20(27)23-15-4-3-5-22-10-15/h3-8,10,17,19H,9,11-12H2,1-2H3,(H2,23,24,27)/t17-,19?/m0/s1. The van der Waals surface area contributed by atoms with E-state index in [1.54, 1.807) is 30.3 Å². The number of likely N-dealkylation sites (tertiary alicyclic amines) is 1. The van der Waals surface area contributed by atoms with E-state index in [0.717, 1.165) is 0 Å². The molecule has 1 aliphatic rings. The highest BCUT2D eigenvalue weighted by atomic mass is 19.1. The van der Waals surface area contributed by atoms with Gasteiger partial charge in [-0.2, -0.15) is 0 Å². The third-order valence-corrected chi connectivity index (χ3v) is 4.49. The van der Waals surface area contributed by atoms with Crippen LogP contribution in [-0.4, -0.2) is 54.2 Å². The van der Waals surface area contributed by atoms with Gasteiger partial charge in [-0.3, -0.25) is 9.78 Å². The first-order valence-corrected chi connectivity index (χ1v) is 9.16. The molecule has 0 aliphatic carbocycles. The summed E-state index contributed by atoms with van der Waals surface area (Å²) < 4.78 is 25.1. The number of urea groups is 1. The van der Waals surface area contributed by atoms with E-state index in [1.807, 2.05) is 0 Å². The highest BCUT2D eigenvalue weighted by Gasteiger charge is 2.35. The van der Waals surface area contributed by atoms with Gasteiger partial charge in [-0.1, -0.05) is 0 Å². The summed E-state index contributed by atoms with van der Waals surface area (Å²) >= 11 is 0. The van der Waals surface area contributed by atoms with Crippen molar-refractivity contribution in [3.8, 4) is 5.75 Å². The van der Waals surface area contributed by atoms with Crippen molar-refractivity contribution < 1.29 is 23.5 Å². The molecule has 29 heavy (non-hydrogen) atoms. The lowest BCUT2D eigenvalue weighted by molar-refractivity contribution is -0.130. The fourth-order valence-electron chi connectivity index (χ4n) is 3.32. The number of carbonyl (C=O) groups excluding carboxylic acids is 2. The first-order valence-electron chi connectivity index (χ1n) is 9.16. The molecule has 0 spiro atoms. The summed E-state index contributed by atoms with van der Waals surface area (Å²) in [5.41, 5.74) is 0.758. The minimum absolute atomic E-state index is 0.0631. The largest absolute Gasteiger partial charge is 0.488 e. The van der Waals surface area contributed by atoms with Gasteiger partial charge < -0.3 is 25.0 Å². The van der Waals surface area contributed by atoms with Crippen molar-refractivity contribution in [2.24, 2.45) is 0 Å². The number of aromatic nitrogens is 1. The molecule has 154 valence electrons. The zero-order valence-corrected chi connectivity index (χ0v) is 16.2.